The predicted octanol–water partition coefficient (Wildman–Crippen LogP) is 0.840. The number of likely N-dealkylation sites (N-methyl/N-ethyl adjacent to an activating group) is 1. The Morgan fingerprint density at radius 3 is 2.39 bits per heavy atom. The summed E-state index contributed by atoms with van der Waals surface area (Å²) in [6.45, 7) is 6.54. The Morgan fingerprint density at radius 1 is 0.951 bits per heavy atom. The minimum atomic E-state index is -1.34. The molecule has 220 valence electrons. The molecule has 3 fully saturated rings. The van der Waals surface area contributed by atoms with Gasteiger partial charge >= 0.3 is 0 Å². The fraction of sp³-hybridized carbons (Fsp3) is 0.581. The maximum atomic E-state index is 14.7. The number of nitrogens with zero attached hydrogens (tertiary/aromatic N) is 4. The fourth-order valence-electron chi connectivity index (χ4n) is 7.52. The lowest BCUT2D eigenvalue weighted by Crippen LogP contribution is -2.57. The van der Waals surface area contributed by atoms with Gasteiger partial charge in [-0.2, -0.15) is 0 Å². The minimum absolute atomic E-state index is 0.165. The van der Waals surface area contributed by atoms with Crippen LogP contribution in [0.5, 0.6) is 0 Å². The zero-order chi connectivity index (χ0) is 28.8. The van der Waals surface area contributed by atoms with Crippen LogP contribution in [0.3, 0.4) is 0 Å². The molecule has 3 saturated heterocycles. The van der Waals surface area contributed by atoms with E-state index in [4.69, 9.17) is 9.47 Å². The maximum Gasteiger partial charge on any atom is 0.249 e. The lowest BCUT2D eigenvalue weighted by atomic mass is 9.73. The number of aliphatic hydroxyl groups is 1. The monoisotopic (exact) mass is 564 g/mol. The van der Waals surface area contributed by atoms with E-state index in [0.717, 1.165) is 18.7 Å². The number of rotatable bonds is 7. The van der Waals surface area contributed by atoms with Crippen molar-refractivity contribution in [3.63, 3.8) is 0 Å². The first-order valence-electron chi connectivity index (χ1n) is 14.7. The van der Waals surface area contributed by atoms with Gasteiger partial charge in [-0.3, -0.25) is 19.3 Å². The Morgan fingerprint density at radius 2 is 1.68 bits per heavy atom. The lowest BCUT2D eigenvalue weighted by Gasteiger charge is -2.41. The second kappa shape index (κ2) is 11.0. The molecule has 10 heteroatoms. The highest BCUT2D eigenvalue weighted by molar-refractivity contribution is 6.00. The van der Waals surface area contributed by atoms with Gasteiger partial charge in [-0.25, -0.2) is 0 Å². The van der Waals surface area contributed by atoms with E-state index in [2.05, 4.69) is 4.90 Å². The average molecular weight is 565 g/mol. The van der Waals surface area contributed by atoms with Crippen LogP contribution >= 0.6 is 0 Å². The molecule has 1 spiro atoms. The summed E-state index contributed by atoms with van der Waals surface area (Å²) in [6, 6.07) is 7.50. The molecule has 6 atom stereocenters. The molecule has 1 aromatic rings. The molecule has 0 aliphatic carbocycles. The van der Waals surface area contributed by atoms with Crippen LogP contribution in [-0.2, 0) is 23.9 Å². The molecule has 6 rings (SSSR count). The average Bonchev–Trinajstić information content (AvgIpc) is 3.30. The second-order valence-corrected chi connectivity index (χ2v) is 11.7. The largest absolute Gasteiger partial charge is 0.394 e. The Bertz CT molecular complexity index is 1230. The molecule has 1 N–H and O–H groups in total. The molecule has 41 heavy (non-hydrogen) atoms. The van der Waals surface area contributed by atoms with Crippen molar-refractivity contribution < 1.29 is 29.0 Å². The van der Waals surface area contributed by atoms with Crippen molar-refractivity contribution in [1.82, 2.24) is 19.6 Å². The third kappa shape index (κ3) is 4.43. The Balaban J connectivity index is 1.44. The third-order valence-electron chi connectivity index (χ3n) is 9.65. The van der Waals surface area contributed by atoms with E-state index in [1.807, 2.05) is 61.6 Å². The quantitative estimate of drug-likeness (QED) is 0.490. The fourth-order valence-corrected chi connectivity index (χ4v) is 7.52. The summed E-state index contributed by atoms with van der Waals surface area (Å²) in [4.78, 5) is 50.5. The van der Waals surface area contributed by atoms with E-state index in [9.17, 15) is 19.5 Å². The standard InChI is InChI=1S/C31H40N4O6/c1-3-30-11-7-13-32(2)27(37)24(30)25-28(38)35(23(21-36)22-9-5-4-6-10-22)26-29(39)34(14-8-12-31(25,26)41-30)16-15-33-17-19-40-20-18-33/h4-12,23-26,36H,3,13-21H2,1-2H3/t23-,24+,25+,26?,30-,31+/m1/s1. The highest BCUT2D eigenvalue weighted by Gasteiger charge is 2.75. The van der Waals surface area contributed by atoms with Gasteiger partial charge < -0.3 is 29.3 Å². The van der Waals surface area contributed by atoms with Crippen LogP contribution in [0.2, 0.25) is 0 Å². The van der Waals surface area contributed by atoms with Crippen LogP contribution in [0.15, 0.2) is 54.6 Å². The summed E-state index contributed by atoms with van der Waals surface area (Å²) in [7, 11) is 1.74. The molecule has 1 aromatic carbocycles. The SMILES string of the molecule is CC[C@@]12C=CCN(C)C(=O)[C@@H]1[C@H]1C(=O)N([C@H](CO)c3ccccc3)C3C(=O)N(CCN4CCOCC4)CC=C[C@@]31O2. The van der Waals surface area contributed by atoms with E-state index in [-0.39, 0.29) is 24.3 Å². The van der Waals surface area contributed by atoms with Gasteiger partial charge in [0.15, 0.2) is 0 Å². The number of carbonyl (C=O) groups excluding carboxylic acids is 3. The third-order valence-corrected chi connectivity index (χ3v) is 9.65. The van der Waals surface area contributed by atoms with E-state index in [1.165, 1.54) is 4.90 Å². The van der Waals surface area contributed by atoms with Gasteiger partial charge in [0.05, 0.1) is 43.3 Å². The molecule has 5 aliphatic heterocycles. The molecular weight excluding hydrogens is 524 g/mol. The summed E-state index contributed by atoms with van der Waals surface area (Å²) in [5, 5.41) is 10.7. The molecule has 0 aromatic heterocycles. The second-order valence-electron chi connectivity index (χ2n) is 11.7. The van der Waals surface area contributed by atoms with E-state index in [0.29, 0.717) is 45.8 Å². The Kier molecular flexibility index (Phi) is 7.52. The van der Waals surface area contributed by atoms with Gasteiger partial charge in [-0.1, -0.05) is 61.6 Å². The summed E-state index contributed by atoms with van der Waals surface area (Å²) in [6.07, 6.45) is 8.13. The number of benzene rings is 1. The number of fused-ring (bicyclic) bond motifs is 2. The number of aliphatic hydroxyl groups excluding tert-OH is 1. The van der Waals surface area contributed by atoms with E-state index >= 15 is 0 Å². The minimum Gasteiger partial charge on any atom is -0.394 e. The molecular formula is C31H40N4O6. The zero-order valence-corrected chi connectivity index (χ0v) is 23.9. The van der Waals surface area contributed by atoms with Crippen LogP contribution in [0.1, 0.15) is 24.9 Å². The van der Waals surface area contributed by atoms with Crippen molar-refractivity contribution in [2.75, 3.05) is 66.1 Å². The lowest BCUT2D eigenvalue weighted by molar-refractivity contribution is -0.157. The molecule has 0 radical (unpaired) electrons. The highest BCUT2D eigenvalue weighted by Crippen LogP contribution is 2.59. The molecule has 0 bridgehead atoms. The van der Waals surface area contributed by atoms with Crippen LogP contribution in [0.25, 0.3) is 0 Å². The smallest absolute Gasteiger partial charge is 0.249 e. The van der Waals surface area contributed by atoms with Gasteiger partial charge in [-0.15, -0.1) is 0 Å². The predicted molar refractivity (Wildman–Crippen MR) is 150 cm³/mol. The van der Waals surface area contributed by atoms with E-state index < -0.39 is 35.1 Å². The van der Waals surface area contributed by atoms with Gasteiger partial charge in [0, 0.05) is 46.3 Å². The zero-order valence-electron chi connectivity index (χ0n) is 23.9. The summed E-state index contributed by atoms with van der Waals surface area (Å²) in [5.41, 5.74) is -1.63. The van der Waals surface area contributed by atoms with Crippen LogP contribution < -0.4 is 0 Å². The summed E-state index contributed by atoms with van der Waals surface area (Å²) >= 11 is 0. The van der Waals surface area contributed by atoms with Crippen LogP contribution in [0.4, 0.5) is 0 Å². The van der Waals surface area contributed by atoms with Crippen molar-refractivity contribution in [2.45, 2.75) is 36.6 Å². The van der Waals surface area contributed by atoms with Gasteiger partial charge in [0.25, 0.3) is 0 Å². The van der Waals surface area contributed by atoms with Crippen LogP contribution in [-0.4, -0.2) is 126 Å². The first kappa shape index (κ1) is 28.1. The van der Waals surface area contributed by atoms with Gasteiger partial charge in [0.2, 0.25) is 17.7 Å². The first-order chi connectivity index (χ1) is 19.9. The van der Waals surface area contributed by atoms with Crippen molar-refractivity contribution >= 4 is 17.7 Å². The number of morpholine rings is 1. The highest BCUT2D eigenvalue weighted by atomic mass is 16.5. The molecule has 0 saturated carbocycles. The van der Waals surface area contributed by atoms with Crippen molar-refractivity contribution in [1.29, 1.82) is 0 Å². The Hall–Kier alpha value is -3.05. The summed E-state index contributed by atoms with van der Waals surface area (Å²) < 4.78 is 12.5. The number of likely N-dealkylation sites (tertiary alicyclic amines) is 1. The number of ether oxygens (including phenoxy) is 2. The molecule has 3 amide bonds. The topological polar surface area (TPSA) is 103 Å². The van der Waals surface area contributed by atoms with Gasteiger partial charge in [-0.05, 0) is 12.0 Å². The first-order valence-corrected chi connectivity index (χ1v) is 14.7. The van der Waals surface area contributed by atoms with Crippen molar-refractivity contribution in [3.8, 4) is 0 Å². The summed E-state index contributed by atoms with van der Waals surface area (Å²) in [5.74, 6) is -2.41. The Labute approximate surface area is 241 Å². The van der Waals surface area contributed by atoms with Gasteiger partial charge in [0.1, 0.15) is 11.6 Å². The van der Waals surface area contributed by atoms with Crippen molar-refractivity contribution in [2.24, 2.45) is 11.8 Å². The van der Waals surface area contributed by atoms with Crippen LogP contribution in [0, 0.1) is 11.8 Å². The number of hydrogen-bond donors (Lipinski definition) is 1. The molecule has 5 aliphatic rings. The maximum absolute atomic E-state index is 14.7. The van der Waals surface area contributed by atoms with Crippen molar-refractivity contribution in [3.05, 3.63) is 60.2 Å². The molecule has 5 heterocycles. The number of amides is 3. The normalized spacial score (nSPS) is 34.4. The van der Waals surface area contributed by atoms with E-state index in [1.54, 1.807) is 16.8 Å². The number of hydrogen-bond acceptors (Lipinski definition) is 7. The molecule has 1 unspecified atom stereocenters. The molecule has 10 nitrogen and oxygen atoms in total. The number of carbonyl (C=O) groups is 3.